The standard InChI is InChI=1S/C18H17Cl3IN3O3/c1-16(2,3)10-4-6-12-13(8-10)28-18(27-12,17(19,20)21)25-15(26)24-14-7-5-11(22)9-23-14/h4-9H,1-3H3,(H2,23,24,25,26)/t18-/m0/s1. The monoisotopic (exact) mass is 555 g/mol. The van der Waals surface area contributed by atoms with Crippen LogP contribution < -0.4 is 20.1 Å². The van der Waals surface area contributed by atoms with Gasteiger partial charge in [-0.2, -0.15) is 0 Å². The van der Waals surface area contributed by atoms with Crippen molar-refractivity contribution in [3.05, 3.63) is 45.7 Å². The molecule has 2 amide bonds. The summed E-state index contributed by atoms with van der Waals surface area (Å²) in [6.45, 7) is 6.19. The van der Waals surface area contributed by atoms with Gasteiger partial charge in [-0.05, 0) is 57.8 Å². The first-order valence-corrected chi connectivity index (χ1v) is 10.4. The predicted octanol–water partition coefficient (Wildman–Crippen LogP) is 5.60. The van der Waals surface area contributed by atoms with Gasteiger partial charge in [-0.25, -0.2) is 9.78 Å². The van der Waals surface area contributed by atoms with Crippen LogP contribution in [0.5, 0.6) is 11.5 Å². The molecule has 3 rings (SSSR count). The number of ether oxygens (including phenoxy) is 2. The summed E-state index contributed by atoms with van der Waals surface area (Å²) in [6.07, 6.45) is 1.60. The van der Waals surface area contributed by atoms with Crippen LogP contribution in [0.15, 0.2) is 36.5 Å². The molecular formula is C18H17Cl3IN3O3. The average Bonchev–Trinajstić information content (AvgIpc) is 2.94. The minimum Gasteiger partial charge on any atom is -0.428 e. The first-order valence-electron chi connectivity index (χ1n) is 8.20. The number of amides is 2. The van der Waals surface area contributed by atoms with Crippen molar-refractivity contribution in [1.29, 1.82) is 0 Å². The summed E-state index contributed by atoms with van der Waals surface area (Å²) in [4.78, 5) is 16.6. The Morgan fingerprint density at radius 1 is 1.11 bits per heavy atom. The Hall–Kier alpha value is -1.16. The molecule has 150 valence electrons. The first-order chi connectivity index (χ1) is 12.9. The molecule has 28 heavy (non-hydrogen) atoms. The molecule has 1 aliphatic rings. The van der Waals surface area contributed by atoms with Gasteiger partial charge in [0.15, 0.2) is 11.5 Å². The van der Waals surface area contributed by atoms with Crippen molar-refractivity contribution in [2.45, 2.75) is 35.9 Å². The van der Waals surface area contributed by atoms with Crippen LogP contribution in [-0.2, 0) is 5.41 Å². The fraction of sp³-hybridized carbons (Fsp3) is 0.333. The Labute approximate surface area is 191 Å². The number of hydrogen-bond donors (Lipinski definition) is 2. The van der Waals surface area contributed by atoms with E-state index in [0.29, 0.717) is 17.3 Å². The zero-order valence-corrected chi connectivity index (χ0v) is 19.6. The number of nitrogens with zero attached hydrogens (tertiary/aromatic N) is 1. The molecule has 1 atom stereocenters. The Kier molecular flexibility index (Phi) is 5.84. The van der Waals surface area contributed by atoms with Crippen molar-refractivity contribution in [3.8, 4) is 11.5 Å². The largest absolute Gasteiger partial charge is 0.428 e. The fourth-order valence-electron chi connectivity index (χ4n) is 2.45. The normalized spacial score (nSPS) is 18.7. The summed E-state index contributed by atoms with van der Waals surface area (Å²) >= 11 is 20.4. The van der Waals surface area contributed by atoms with Gasteiger partial charge in [0, 0.05) is 9.77 Å². The number of hydrogen-bond acceptors (Lipinski definition) is 4. The van der Waals surface area contributed by atoms with E-state index in [0.717, 1.165) is 9.13 Å². The highest BCUT2D eigenvalue weighted by Crippen LogP contribution is 2.49. The maximum atomic E-state index is 12.5. The molecule has 0 unspecified atom stereocenters. The lowest BCUT2D eigenvalue weighted by molar-refractivity contribution is -0.0922. The van der Waals surface area contributed by atoms with Gasteiger partial charge in [0.25, 0.3) is 3.79 Å². The Morgan fingerprint density at radius 3 is 2.36 bits per heavy atom. The van der Waals surface area contributed by atoms with Crippen LogP contribution in [0.2, 0.25) is 0 Å². The minimum atomic E-state index is -2.12. The highest BCUT2D eigenvalue weighted by Gasteiger charge is 2.59. The predicted molar refractivity (Wildman–Crippen MR) is 119 cm³/mol. The quantitative estimate of drug-likeness (QED) is 0.373. The second-order valence-electron chi connectivity index (χ2n) is 7.17. The van der Waals surface area contributed by atoms with Crippen molar-refractivity contribution >= 4 is 69.2 Å². The number of alkyl halides is 3. The SMILES string of the molecule is CC(C)(C)c1ccc2c(c1)O[C@](NC(=O)Nc1ccc(I)cn1)(C(Cl)(Cl)Cl)O2. The summed E-state index contributed by atoms with van der Waals surface area (Å²) in [6, 6.07) is 8.14. The Bertz CT molecular complexity index is 898. The number of carbonyl (C=O) groups excluding carboxylic acids is 1. The van der Waals surface area contributed by atoms with Gasteiger partial charge in [-0.15, -0.1) is 0 Å². The fourth-order valence-corrected chi connectivity index (χ4v) is 3.15. The summed E-state index contributed by atoms with van der Waals surface area (Å²) in [7, 11) is 0. The molecule has 2 N–H and O–H groups in total. The number of halogens is 4. The van der Waals surface area contributed by atoms with E-state index >= 15 is 0 Å². The molecule has 1 aromatic heterocycles. The molecule has 1 aromatic carbocycles. The smallest absolute Gasteiger partial charge is 0.389 e. The second-order valence-corrected chi connectivity index (χ2v) is 10.7. The molecule has 0 fully saturated rings. The van der Waals surface area contributed by atoms with Crippen LogP contribution in [0.25, 0.3) is 0 Å². The van der Waals surface area contributed by atoms with Gasteiger partial charge in [0.2, 0.25) is 0 Å². The maximum absolute atomic E-state index is 12.5. The minimum absolute atomic E-state index is 0.120. The number of carbonyl (C=O) groups is 1. The molecule has 0 saturated heterocycles. The number of pyridine rings is 1. The molecule has 6 nitrogen and oxygen atoms in total. The Balaban J connectivity index is 1.84. The van der Waals surface area contributed by atoms with Gasteiger partial charge >= 0.3 is 11.9 Å². The van der Waals surface area contributed by atoms with Crippen molar-refractivity contribution in [1.82, 2.24) is 10.3 Å². The number of benzene rings is 1. The molecule has 0 saturated carbocycles. The van der Waals surface area contributed by atoms with Crippen molar-refractivity contribution < 1.29 is 14.3 Å². The van der Waals surface area contributed by atoms with Crippen molar-refractivity contribution in [3.63, 3.8) is 0 Å². The van der Waals surface area contributed by atoms with Crippen LogP contribution in [0.3, 0.4) is 0 Å². The molecule has 2 aromatic rings. The summed E-state index contributed by atoms with van der Waals surface area (Å²) in [5.74, 6) is -0.995. The van der Waals surface area contributed by atoms with E-state index in [2.05, 4.69) is 59.0 Å². The highest BCUT2D eigenvalue weighted by molar-refractivity contribution is 14.1. The van der Waals surface area contributed by atoms with Gasteiger partial charge in [-0.1, -0.05) is 61.6 Å². The zero-order chi connectivity index (χ0) is 20.7. The molecule has 0 aliphatic carbocycles. The number of anilines is 1. The highest BCUT2D eigenvalue weighted by atomic mass is 127. The van der Waals surface area contributed by atoms with Crippen molar-refractivity contribution in [2.75, 3.05) is 5.32 Å². The van der Waals surface area contributed by atoms with E-state index in [9.17, 15) is 4.79 Å². The molecule has 10 heteroatoms. The lowest BCUT2D eigenvalue weighted by Crippen LogP contribution is -2.64. The van der Waals surface area contributed by atoms with E-state index in [1.54, 1.807) is 30.5 Å². The lowest BCUT2D eigenvalue weighted by Gasteiger charge is -2.33. The number of fused-ring (bicyclic) bond motifs is 1. The molecule has 0 radical (unpaired) electrons. The topological polar surface area (TPSA) is 72.5 Å². The van der Waals surface area contributed by atoms with Crippen LogP contribution in [0.1, 0.15) is 26.3 Å². The Morgan fingerprint density at radius 2 is 1.79 bits per heavy atom. The molecule has 2 heterocycles. The van der Waals surface area contributed by atoms with E-state index in [1.807, 2.05) is 6.07 Å². The third-order valence-corrected chi connectivity index (χ3v) is 5.32. The van der Waals surface area contributed by atoms with Crippen LogP contribution in [0, 0.1) is 3.57 Å². The molecule has 0 spiro atoms. The summed E-state index contributed by atoms with van der Waals surface area (Å²) in [5.41, 5.74) is 0.882. The molecule has 1 aliphatic heterocycles. The van der Waals surface area contributed by atoms with E-state index in [1.165, 1.54) is 0 Å². The van der Waals surface area contributed by atoms with Crippen LogP contribution in [-0.4, -0.2) is 20.7 Å². The number of aromatic nitrogens is 1. The van der Waals surface area contributed by atoms with E-state index in [-0.39, 0.29) is 5.41 Å². The number of urea groups is 1. The first kappa shape index (κ1) is 21.5. The van der Waals surface area contributed by atoms with Gasteiger partial charge in [-0.3, -0.25) is 10.6 Å². The molecule has 0 bridgehead atoms. The van der Waals surface area contributed by atoms with Gasteiger partial charge in [0.1, 0.15) is 5.82 Å². The summed E-state index contributed by atoms with van der Waals surface area (Å²) < 4.78 is 10.4. The number of rotatable bonds is 2. The van der Waals surface area contributed by atoms with Gasteiger partial charge in [0.05, 0.1) is 0 Å². The molecular weight excluding hydrogens is 539 g/mol. The van der Waals surface area contributed by atoms with Gasteiger partial charge < -0.3 is 9.47 Å². The van der Waals surface area contributed by atoms with Crippen molar-refractivity contribution in [2.24, 2.45) is 0 Å². The van der Waals surface area contributed by atoms with E-state index < -0.39 is 15.7 Å². The average molecular weight is 557 g/mol. The lowest BCUT2D eigenvalue weighted by atomic mass is 9.87. The third-order valence-electron chi connectivity index (χ3n) is 3.94. The van der Waals surface area contributed by atoms with Crippen LogP contribution >= 0.6 is 57.4 Å². The second kappa shape index (κ2) is 7.59. The van der Waals surface area contributed by atoms with Crippen LogP contribution in [0.4, 0.5) is 10.6 Å². The zero-order valence-electron chi connectivity index (χ0n) is 15.1. The summed E-state index contributed by atoms with van der Waals surface area (Å²) in [5, 5.41) is 5.02. The van der Waals surface area contributed by atoms with E-state index in [4.69, 9.17) is 44.3 Å². The number of nitrogens with one attached hydrogen (secondary N) is 2. The third kappa shape index (κ3) is 4.53. The maximum Gasteiger partial charge on any atom is 0.389 e.